The van der Waals surface area contributed by atoms with Gasteiger partial charge in [0, 0.05) is 12.6 Å². The molecule has 0 radical (unpaired) electrons. The van der Waals surface area contributed by atoms with Crippen molar-refractivity contribution in [1.29, 1.82) is 0 Å². The zero-order chi connectivity index (χ0) is 18.6. The van der Waals surface area contributed by atoms with E-state index < -0.39 is 5.97 Å². The molecule has 1 atom stereocenters. The van der Waals surface area contributed by atoms with E-state index in [2.05, 4.69) is 5.32 Å². The van der Waals surface area contributed by atoms with Crippen LogP contribution in [-0.2, 0) is 17.8 Å². The van der Waals surface area contributed by atoms with Crippen LogP contribution in [0.2, 0.25) is 0 Å². The van der Waals surface area contributed by atoms with E-state index in [1.54, 1.807) is 14.0 Å². The molecule has 25 heavy (non-hydrogen) atoms. The first-order chi connectivity index (χ1) is 11.9. The van der Waals surface area contributed by atoms with Gasteiger partial charge in [-0.05, 0) is 26.0 Å². The fourth-order valence-electron chi connectivity index (χ4n) is 2.62. The molecule has 0 spiro atoms. The average Bonchev–Trinajstić information content (AvgIpc) is 3.10. The third-order valence-corrected chi connectivity index (χ3v) is 4.76. The normalized spacial score (nSPS) is 12.0. The Morgan fingerprint density at radius 2 is 2.08 bits per heavy atom. The first-order valence-electron chi connectivity index (χ1n) is 8.04. The van der Waals surface area contributed by atoms with Crippen LogP contribution in [0.1, 0.15) is 44.0 Å². The Hall–Kier alpha value is -2.32. The topological polar surface area (TPSA) is 99.0 Å². The number of carbonyl (C=O) groups is 2. The third-order valence-electron chi connectivity index (χ3n) is 3.70. The molecule has 1 amide bonds. The summed E-state index contributed by atoms with van der Waals surface area (Å²) in [5.74, 6) is 0.935. The van der Waals surface area contributed by atoms with Crippen LogP contribution in [-0.4, -0.2) is 32.6 Å². The quantitative estimate of drug-likeness (QED) is 0.635. The van der Waals surface area contributed by atoms with Gasteiger partial charge in [0.15, 0.2) is 5.76 Å². The van der Waals surface area contributed by atoms with E-state index in [0.29, 0.717) is 34.1 Å². The summed E-state index contributed by atoms with van der Waals surface area (Å²) in [5, 5.41) is 2.90. The van der Waals surface area contributed by atoms with Crippen LogP contribution in [0.4, 0.5) is 5.00 Å². The van der Waals surface area contributed by atoms with Crippen LogP contribution in [0.15, 0.2) is 16.5 Å². The Morgan fingerprint density at radius 1 is 1.36 bits per heavy atom. The van der Waals surface area contributed by atoms with Crippen LogP contribution in [0, 0.1) is 6.92 Å². The highest BCUT2D eigenvalue weighted by atomic mass is 32.1. The molecule has 8 heteroatoms. The SMILES string of the molecule is CCOC(=O)c1c(N)sc(C(=O)NC)c1C[NH+](C)Cc1ccc(C)o1. The molecular weight excluding hydrogens is 342 g/mol. The van der Waals surface area contributed by atoms with Crippen LogP contribution < -0.4 is 16.0 Å². The molecule has 2 heterocycles. The predicted octanol–water partition coefficient (Wildman–Crippen LogP) is 0.983. The molecule has 0 saturated heterocycles. The number of ether oxygens (including phenoxy) is 1. The first kappa shape index (κ1) is 19.0. The van der Waals surface area contributed by atoms with E-state index in [0.717, 1.165) is 27.8 Å². The van der Waals surface area contributed by atoms with Crippen molar-refractivity contribution in [1.82, 2.24) is 5.32 Å². The maximum atomic E-state index is 12.3. The molecule has 0 aliphatic heterocycles. The minimum Gasteiger partial charge on any atom is -0.462 e. The second-order valence-corrected chi connectivity index (χ2v) is 6.82. The number of esters is 1. The number of hydrogen-bond acceptors (Lipinski definition) is 6. The maximum Gasteiger partial charge on any atom is 0.341 e. The number of anilines is 1. The van der Waals surface area contributed by atoms with Crippen LogP contribution >= 0.6 is 11.3 Å². The van der Waals surface area contributed by atoms with Crippen LogP contribution in [0.25, 0.3) is 0 Å². The molecule has 4 N–H and O–H groups in total. The van der Waals surface area contributed by atoms with Gasteiger partial charge in [0.2, 0.25) is 0 Å². The minimum atomic E-state index is -0.497. The number of amides is 1. The number of rotatable bonds is 7. The molecule has 2 rings (SSSR count). The molecule has 0 aliphatic rings. The van der Waals surface area contributed by atoms with Gasteiger partial charge < -0.3 is 25.1 Å². The summed E-state index contributed by atoms with van der Waals surface area (Å²) in [6, 6.07) is 3.83. The van der Waals surface area contributed by atoms with Gasteiger partial charge in [0.25, 0.3) is 5.91 Å². The Morgan fingerprint density at radius 3 is 2.64 bits per heavy atom. The molecule has 0 aromatic carbocycles. The van der Waals surface area contributed by atoms with E-state index in [4.69, 9.17) is 14.9 Å². The number of furan rings is 1. The minimum absolute atomic E-state index is 0.247. The molecule has 1 unspecified atom stereocenters. The number of nitrogen functional groups attached to an aromatic ring is 1. The summed E-state index contributed by atoms with van der Waals surface area (Å²) in [4.78, 5) is 26.0. The highest BCUT2D eigenvalue weighted by molar-refractivity contribution is 7.18. The highest BCUT2D eigenvalue weighted by Crippen LogP contribution is 2.31. The molecule has 0 saturated carbocycles. The summed E-state index contributed by atoms with van der Waals surface area (Å²) in [6.07, 6.45) is 0. The first-order valence-corrected chi connectivity index (χ1v) is 8.85. The van der Waals surface area contributed by atoms with Gasteiger partial charge in [-0.25, -0.2) is 4.79 Å². The highest BCUT2D eigenvalue weighted by Gasteiger charge is 2.28. The van der Waals surface area contributed by atoms with Gasteiger partial charge >= 0.3 is 5.97 Å². The second kappa shape index (κ2) is 8.17. The molecule has 0 bridgehead atoms. The van der Waals surface area contributed by atoms with Crippen LogP contribution in [0.3, 0.4) is 0 Å². The van der Waals surface area contributed by atoms with Gasteiger partial charge in [0.1, 0.15) is 34.3 Å². The fraction of sp³-hybridized carbons (Fsp3) is 0.412. The lowest BCUT2D eigenvalue weighted by Gasteiger charge is -2.14. The Bertz CT molecular complexity index is 766. The molecular formula is C17H24N3O4S+. The fourth-order valence-corrected chi connectivity index (χ4v) is 3.64. The lowest BCUT2D eigenvalue weighted by atomic mass is 10.1. The zero-order valence-electron chi connectivity index (χ0n) is 14.9. The second-order valence-electron chi connectivity index (χ2n) is 5.77. The largest absolute Gasteiger partial charge is 0.462 e. The van der Waals surface area contributed by atoms with Crippen molar-refractivity contribution in [2.24, 2.45) is 0 Å². The summed E-state index contributed by atoms with van der Waals surface area (Å²) in [6.45, 7) is 4.94. The van der Waals surface area contributed by atoms with E-state index in [9.17, 15) is 9.59 Å². The summed E-state index contributed by atoms with van der Waals surface area (Å²) in [7, 11) is 3.52. The van der Waals surface area contributed by atoms with Crippen molar-refractivity contribution in [2.75, 3.05) is 26.4 Å². The number of hydrogen-bond donors (Lipinski definition) is 3. The van der Waals surface area contributed by atoms with Crippen molar-refractivity contribution in [2.45, 2.75) is 26.9 Å². The van der Waals surface area contributed by atoms with E-state index >= 15 is 0 Å². The van der Waals surface area contributed by atoms with Crippen molar-refractivity contribution in [3.8, 4) is 0 Å². The van der Waals surface area contributed by atoms with E-state index in [1.165, 1.54) is 0 Å². The van der Waals surface area contributed by atoms with Crippen molar-refractivity contribution in [3.63, 3.8) is 0 Å². The smallest absolute Gasteiger partial charge is 0.341 e. The van der Waals surface area contributed by atoms with Crippen molar-refractivity contribution >= 4 is 28.2 Å². The lowest BCUT2D eigenvalue weighted by Crippen LogP contribution is -3.06. The number of thiophene rings is 1. The average molecular weight is 366 g/mol. The van der Waals surface area contributed by atoms with Crippen LogP contribution in [0.5, 0.6) is 0 Å². The molecule has 2 aromatic rings. The number of nitrogens with two attached hydrogens (primary N) is 1. The summed E-state index contributed by atoms with van der Waals surface area (Å²) >= 11 is 1.11. The number of aryl methyl sites for hydroxylation is 1. The van der Waals surface area contributed by atoms with Crippen molar-refractivity contribution in [3.05, 3.63) is 39.7 Å². The standard InChI is InChI=1S/C17H23N3O4S/c1-5-23-17(22)13-12(14(16(21)19-3)25-15(13)18)9-20(4)8-11-7-6-10(2)24-11/h6-7H,5,8-9,18H2,1-4H3,(H,19,21)/p+1. The monoisotopic (exact) mass is 366 g/mol. The molecule has 0 fully saturated rings. The Balaban J connectivity index is 2.32. The number of quaternary nitrogens is 1. The van der Waals surface area contributed by atoms with E-state index in [-0.39, 0.29) is 12.5 Å². The van der Waals surface area contributed by atoms with Gasteiger partial charge in [-0.2, -0.15) is 0 Å². The van der Waals surface area contributed by atoms with Gasteiger partial charge in [0.05, 0.1) is 13.7 Å². The lowest BCUT2D eigenvalue weighted by molar-refractivity contribution is -0.908. The van der Waals surface area contributed by atoms with E-state index in [1.807, 2.05) is 26.1 Å². The molecule has 2 aromatic heterocycles. The molecule has 136 valence electrons. The zero-order valence-corrected chi connectivity index (χ0v) is 15.7. The number of carbonyl (C=O) groups excluding carboxylic acids is 2. The number of nitrogens with one attached hydrogen (secondary N) is 2. The van der Waals surface area contributed by atoms with Gasteiger partial charge in [-0.1, -0.05) is 0 Å². The van der Waals surface area contributed by atoms with Crippen molar-refractivity contribution < 1.29 is 23.6 Å². The summed E-state index contributed by atoms with van der Waals surface area (Å²) in [5.41, 5.74) is 6.91. The maximum absolute atomic E-state index is 12.3. The molecule has 7 nitrogen and oxygen atoms in total. The van der Waals surface area contributed by atoms with Gasteiger partial charge in [-0.3, -0.25) is 4.79 Å². The molecule has 0 aliphatic carbocycles. The Kier molecular flexibility index (Phi) is 6.22. The van der Waals surface area contributed by atoms with Gasteiger partial charge in [-0.15, -0.1) is 11.3 Å². The Labute approximate surface area is 150 Å². The third kappa shape index (κ3) is 4.40. The predicted molar refractivity (Wildman–Crippen MR) is 95.8 cm³/mol. The summed E-state index contributed by atoms with van der Waals surface area (Å²) < 4.78 is 10.7.